The van der Waals surface area contributed by atoms with E-state index in [-0.39, 0.29) is 17.6 Å². The minimum Gasteiger partial charge on any atom is -0.494 e. The summed E-state index contributed by atoms with van der Waals surface area (Å²) in [6.45, 7) is 0. The van der Waals surface area contributed by atoms with Crippen molar-refractivity contribution in [1.82, 2.24) is 0 Å². The van der Waals surface area contributed by atoms with Crippen LogP contribution in [-0.2, 0) is 0 Å². The van der Waals surface area contributed by atoms with Crippen LogP contribution in [0.25, 0.3) is 11.1 Å². The predicted molar refractivity (Wildman–Crippen MR) is 78.0 cm³/mol. The van der Waals surface area contributed by atoms with Gasteiger partial charge in [0.2, 0.25) is 0 Å². The van der Waals surface area contributed by atoms with Crippen molar-refractivity contribution in [3.8, 4) is 16.9 Å². The fourth-order valence-electron chi connectivity index (χ4n) is 2.47. The molecule has 0 aliphatic heterocycles. The summed E-state index contributed by atoms with van der Waals surface area (Å²) in [6, 6.07) is 13.2. The van der Waals surface area contributed by atoms with E-state index in [9.17, 15) is 4.39 Å². The maximum atomic E-state index is 13.7. The van der Waals surface area contributed by atoms with Gasteiger partial charge in [0, 0.05) is 6.04 Å². The number of methoxy groups -OCH3 is 1. The third-order valence-electron chi connectivity index (χ3n) is 3.91. The Morgan fingerprint density at radius 3 is 2.30 bits per heavy atom. The first kappa shape index (κ1) is 13.1. The molecule has 1 aliphatic rings. The quantitative estimate of drug-likeness (QED) is 0.915. The minimum absolute atomic E-state index is 0.136. The van der Waals surface area contributed by atoms with Crippen LogP contribution in [-0.4, -0.2) is 7.11 Å². The van der Waals surface area contributed by atoms with Crippen LogP contribution in [0.5, 0.6) is 5.75 Å². The standard InChI is InChI=1S/C17H18FNO/c1-20-16-9-8-14(10-15(16)18)11-2-4-12(5-3-11)17(19)13-6-7-13/h2-5,8-10,13,17H,6-7,19H2,1H3. The van der Waals surface area contributed by atoms with Gasteiger partial charge in [-0.1, -0.05) is 30.3 Å². The van der Waals surface area contributed by atoms with Crippen molar-refractivity contribution in [2.24, 2.45) is 11.7 Å². The highest BCUT2D eigenvalue weighted by atomic mass is 19.1. The SMILES string of the molecule is COc1ccc(-c2ccc(C(N)C3CC3)cc2)cc1F. The van der Waals surface area contributed by atoms with Crippen molar-refractivity contribution in [3.63, 3.8) is 0 Å². The molecule has 1 atom stereocenters. The van der Waals surface area contributed by atoms with Crippen LogP contribution in [0.1, 0.15) is 24.4 Å². The molecule has 1 fully saturated rings. The first-order valence-electron chi connectivity index (χ1n) is 6.88. The average Bonchev–Trinajstić information content (AvgIpc) is 3.31. The zero-order valence-corrected chi connectivity index (χ0v) is 11.5. The van der Waals surface area contributed by atoms with Gasteiger partial charge in [0.05, 0.1) is 7.11 Å². The van der Waals surface area contributed by atoms with Crippen LogP contribution in [0.3, 0.4) is 0 Å². The van der Waals surface area contributed by atoms with Gasteiger partial charge in [-0.25, -0.2) is 4.39 Å². The maximum Gasteiger partial charge on any atom is 0.165 e. The van der Waals surface area contributed by atoms with E-state index in [4.69, 9.17) is 10.5 Å². The van der Waals surface area contributed by atoms with Gasteiger partial charge in [0.15, 0.2) is 11.6 Å². The van der Waals surface area contributed by atoms with Gasteiger partial charge in [-0.15, -0.1) is 0 Å². The Morgan fingerprint density at radius 2 is 1.75 bits per heavy atom. The minimum atomic E-state index is -0.344. The van der Waals surface area contributed by atoms with Crippen molar-refractivity contribution in [3.05, 3.63) is 53.8 Å². The van der Waals surface area contributed by atoms with E-state index in [0.29, 0.717) is 5.92 Å². The summed E-state index contributed by atoms with van der Waals surface area (Å²) in [7, 11) is 1.46. The molecular weight excluding hydrogens is 253 g/mol. The third kappa shape index (κ3) is 2.54. The molecule has 2 N–H and O–H groups in total. The molecular formula is C17H18FNO. The van der Waals surface area contributed by atoms with Crippen LogP contribution in [0.15, 0.2) is 42.5 Å². The van der Waals surface area contributed by atoms with Gasteiger partial charge in [-0.3, -0.25) is 0 Å². The molecule has 1 unspecified atom stereocenters. The summed E-state index contributed by atoms with van der Waals surface area (Å²) >= 11 is 0. The summed E-state index contributed by atoms with van der Waals surface area (Å²) < 4.78 is 18.6. The van der Waals surface area contributed by atoms with Gasteiger partial charge in [0.1, 0.15) is 0 Å². The van der Waals surface area contributed by atoms with E-state index < -0.39 is 0 Å². The summed E-state index contributed by atoms with van der Waals surface area (Å²) in [4.78, 5) is 0. The number of benzene rings is 2. The lowest BCUT2D eigenvalue weighted by atomic mass is 9.99. The number of ether oxygens (including phenoxy) is 1. The van der Waals surface area contributed by atoms with E-state index in [2.05, 4.69) is 0 Å². The zero-order chi connectivity index (χ0) is 14.1. The van der Waals surface area contributed by atoms with E-state index in [0.717, 1.165) is 16.7 Å². The van der Waals surface area contributed by atoms with Crippen molar-refractivity contribution in [2.75, 3.05) is 7.11 Å². The number of nitrogens with two attached hydrogens (primary N) is 1. The van der Waals surface area contributed by atoms with E-state index >= 15 is 0 Å². The highest BCUT2D eigenvalue weighted by Gasteiger charge is 2.29. The number of halogens is 1. The van der Waals surface area contributed by atoms with Crippen LogP contribution >= 0.6 is 0 Å². The topological polar surface area (TPSA) is 35.2 Å². The number of rotatable bonds is 4. The average molecular weight is 271 g/mol. The first-order valence-corrected chi connectivity index (χ1v) is 6.88. The summed E-state index contributed by atoms with van der Waals surface area (Å²) in [5.41, 5.74) is 9.16. The zero-order valence-electron chi connectivity index (χ0n) is 11.5. The Labute approximate surface area is 118 Å². The summed E-state index contributed by atoms with van der Waals surface area (Å²) in [6.07, 6.45) is 2.46. The van der Waals surface area contributed by atoms with Gasteiger partial charge < -0.3 is 10.5 Å². The molecule has 3 heteroatoms. The van der Waals surface area contributed by atoms with E-state index in [1.807, 2.05) is 30.3 Å². The third-order valence-corrected chi connectivity index (χ3v) is 3.91. The molecule has 20 heavy (non-hydrogen) atoms. The predicted octanol–water partition coefficient (Wildman–Crippen LogP) is 3.91. The van der Waals surface area contributed by atoms with Gasteiger partial charge in [-0.2, -0.15) is 0 Å². The second-order valence-corrected chi connectivity index (χ2v) is 5.33. The lowest BCUT2D eigenvalue weighted by Crippen LogP contribution is -2.11. The Morgan fingerprint density at radius 1 is 1.10 bits per heavy atom. The molecule has 2 nitrogen and oxygen atoms in total. The molecule has 0 aromatic heterocycles. The highest BCUT2D eigenvalue weighted by molar-refractivity contribution is 5.64. The second kappa shape index (κ2) is 5.25. The largest absolute Gasteiger partial charge is 0.494 e. The van der Waals surface area contributed by atoms with Crippen LogP contribution in [0.4, 0.5) is 4.39 Å². The molecule has 0 saturated heterocycles. The van der Waals surface area contributed by atoms with Crippen LogP contribution in [0, 0.1) is 11.7 Å². The van der Waals surface area contributed by atoms with Crippen LogP contribution in [0.2, 0.25) is 0 Å². The Kier molecular flexibility index (Phi) is 3.45. The molecule has 104 valence electrons. The Hall–Kier alpha value is -1.87. The normalized spacial score (nSPS) is 15.9. The van der Waals surface area contributed by atoms with E-state index in [1.54, 1.807) is 6.07 Å². The molecule has 0 heterocycles. The fraction of sp³-hybridized carbons (Fsp3) is 0.294. The van der Waals surface area contributed by atoms with Crippen molar-refractivity contribution in [2.45, 2.75) is 18.9 Å². The van der Waals surface area contributed by atoms with Crippen molar-refractivity contribution < 1.29 is 9.13 Å². The maximum absolute atomic E-state index is 13.7. The molecule has 0 amide bonds. The smallest absolute Gasteiger partial charge is 0.165 e. The molecule has 1 aliphatic carbocycles. The highest BCUT2D eigenvalue weighted by Crippen LogP contribution is 2.39. The van der Waals surface area contributed by atoms with Crippen molar-refractivity contribution >= 4 is 0 Å². The van der Waals surface area contributed by atoms with Gasteiger partial charge in [-0.05, 0) is 47.6 Å². The molecule has 0 bridgehead atoms. The molecule has 3 rings (SSSR count). The molecule has 2 aromatic carbocycles. The lowest BCUT2D eigenvalue weighted by Gasteiger charge is -2.11. The molecule has 0 spiro atoms. The van der Waals surface area contributed by atoms with E-state index in [1.165, 1.54) is 26.0 Å². The van der Waals surface area contributed by atoms with Crippen LogP contribution < -0.4 is 10.5 Å². The van der Waals surface area contributed by atoms with Gasteiger partial charge in [0.25, 0.3) is 0 Å². The van der Waals surface area contributed by atoms with Crippen molar-refractivity contribution in [1.29, 1.82) is 0 Å². The fourth-order valence-corrected chi connectivity index (χ4v) is 2.47. The lowest BCUT2D eigenvalue weighted by molar-refractivity contribution is 0.386. The first-order chi connectivity index (χ1) is 9.69. The number of hydrogen-bond acceptors (Lipinski definition) is 2. The molecule has 1 saturated carbocycles. The summed E-state index contributed by atoms with van der Waals surface area (Å²) in [5, 5.41) is 0. The number of hydrogen-bond donors (Lipinski definition) is 1. The Balaban J connectivity index is 1.85. The Bertz CT molecular complexity index is 605. The monoisotopic (exact) mass is 271 g/mol. The van der Waals surface area contributed by atoms with Gasteiger partial charge >= 0.3 is 0 Å². The molecule has 0 radical (unpaired) electrons. The molecule has 2 aromatic rings. The second-order valence-electron chi connectivity index (χ2n) is 5.33. The summed E-state index contributed by atoms with van der Waals surface area (Å²) in [5.74, 6) is 0.559.